The normalized spacial score (nSPS) is 14.1. The summed E-state index contributed by atoms with van der Waals surface area (Å²) < 4.78 is 6.89. The van der Waals surface area contributed by atoms with Gasteiger partial charge >= 0.3 is 0 Å². The molecule has 0 aliphatic heterocycles. The van der Waals surface area contributed by atoms with Crippen molar-refractivity contribution in [3.05, 3.63) is 36.2 Å². The topological polar surface area (TPSA) is 66.0 Å². The fourth-order valence-corrected chi connectivity index (χ4v) is 2.67. The quantitative estimate of drug-likeness (QED) is 0.847. The van der Waals surface area contributed by atoms with E-state index in [0.29, 0.717) is 0 Å². The van der Waals surface area contributed by atoms with E-state index < -0.39 is 0 Å². The molecule has 2 aromatic rings. The largest absolute Gasteiger partial charge is 0.497 e. The SMILES string of the molecule is COc1ccc(C(N)C(C)Sc2ncnn2C)cc1. The number of nitrogens with two attached hydrogens (primary N) is 1. The van der Waals surface area contributed by atoms with Gasteiger partial charge in [0.15, 0.2) is 5.16 Å². The zero-order valence-corrected chi connectivity index (χ0v) is 12.1. The van der Waals surface area contributed by atoms with E-state index in [1.807, 2.05) is 31.3 Å². The first-order valence-corrected chi connectivity index (χ1v) is 6.90. The number of hydrogen-bond acceptors (Lipinski definition) is 5. The lowest BCUT2D eigenvalue weighted by molar-refractivity contribution is 0.414. The lowest BCUT2D eigenvalue weighted by Gasteiger charge is -2.19. The third-order valence-corrected chi connectivity index (χ3v) is 4.21. The molecule has 5 nitrogen and oxygen atoms in total. The minimum Gasteiger partial charge on any atom is -0.497 e. The first kappa shape index (κ1) is 13.9. The van der Waals surface area contributed by atoms with Gasteiger partial charge in [-0.1, -0.05) is 30.8 Å². The van der Waals surface area contributed by atoms with Crippen LogP contribution in [0.25, 0.3) is 0 Å². The van der Waals surface area contributed by atoms with Gasteiger partial charge in [-0.15, -0.1) is 0 Å². The fraction of sp³-hybridized carbons (Fsp3) is 0.385. The fourth-order valence-electron chi connectivity index (χ4n) is 1.73. The second-order valence-electron chi connectivity index (χ2n) is 4.29. The predicted octanol–water partition coefficient (Wildman–Crippen LogP) is 2.00. The Morgan fingerprint density at radius 3 is 2.53 bits per heavy atom. The smallest absolute Gasteiger partial charge is 0.186 e. The van der Waals surface area contributed by atoms with Crippen molar-refractivity contribution < 1.29 is 4.74 Å². The zero-order valence-electron chi connectivity index (χ0n) is 11.3. The molecule has 0 spiro atoms. The summed E-state index contributed by atoms with van der Waals surface area (Å²) >= 11 is 1.62. The molecule has 0 saturated heterocycles. The Hall–Kier alpha value is -1.53. The van der Waals surface area contributed by atoms with Crippen LogP contribution in [-0.4, -0.2) is 27.1 Å². The maximum atomic E-state index is 6.28. The summed E-state index contributed by atoms with van der Waals surface area (Å²) in [4.78, 5) is 4.20. The summed E-state index contributed by atoms with van der Waals surface area (Å²) in [5.41, 5.74) is 7.36. The standard InChI is InChI=1S/C13H18N4OS/c1-9(19-13-15-8-16-17(13)2)12(14)10-4-6-11(18-3)7-5-10/h4-9,12H,14H2,1-3H3. The maximum absolute atomic E-state index is 6.28. The highest BCUT2D eigenvalue weighted by Crippen LogP contribution is 2.29. The van der Waals surface area contributed by atoms with Gasteiger partial charge in [0.05, 0.1) is 7.11 Å². The molecule has 1 heterocycles. The van der Waals surface area contributed by atoms with Crippen LogP contribution in [-0.2, 0) is 7.05 Å². The van der Waals surface area contributed by atoms with Crippen molar-refractivity contribution >= 4 is 11.8 Å². The van der Waals surface area contributed by atoms with Crippen molar-refractivity contribution in [1.82, 2.24) is 14.8 Å². The summed E-state index contributed by atoms with van der Waals surface area (Å²) in [6.45, 7) is 2.09. The van der Waals surface area contributed by atoms with E-state index in [-0.39, 0.29) is 11.3 Å². The molecule has 1 aromatic carbocycles. The molecular weight excluding hydrogens is 260 g/mol. The molecule has 2 rings (SSSR count). The van der Waals surface area contributed by atoms with Crippen molar-refractivity contribution in [1.29, 1.82) is 0 Å². The Kier molecular flexibility index (Phi) is 4.44. The molecule has 0 aliphatic rings. The van der Waals surface area contributed by atoms with Crippen molar-refractivity contribution in [2.24, 2.45) is 12.8 Å². The highest BCUT2D eigenvalue weighted by Gasteiger charge is 2.18. The van der Waals surface area contributed by atoms with E-state index in [9.17, 15) is 0 Å². The van der Waals surface area contributed by atoms with Crippen molar-refractivity contribution in [2.45, 2.75) is 23.4 Å². The number of hydrogen-bond donors (Lipinski definition) is 1. The summed E-state index contributed by atoms with van der Waals surface area (Å²) in [5, 5.41) is 5.13. The number of rotatable bonds is 5. The van der Waals surface area contributed by atoms with Crippen LogP contribution >= 0.6 is 11.8 Å². The number of methoxy groups -OCH3 is 1. The van der Waals surface area contributed by atoms with Gasteiger partial charge in [-0.05, 0) is 17.7 Å². The van der Waals surface area contributed by atoms with Crippen LogP contribution in [0.5, 0.6) is 5.75 Å². The second kappa shape index (κ2) is 6.08. The second-order valence-corrected chi connectivity index (χ2v) is 5.63. The number of aryl methyl sites for hydroxylation is 1. The third-order valence-electron chi connectivity index (χ3n) is 2.97. The van der Waals surface area contributed by atoms with Crippen LogP contribution in [0.3, 0.4) is 0 Å². The summed E-state index contributed by atoms with van der Waals surface area (Å²) in [6.07, 6.45) is 1.55. The van der Waals surface area contributed by atoms with E-state index in [1.54, 1.807) is 29.9 Å². The highest BCUT2D eigenvalue weighted by atomic mass is 32.2. The van der Waals surface area contributed by atoms with Gasteiger partial charge in [-0.2, -0.15) is 5.10 Å². The zero-order chi connectivity index (χ0) is 13.8. The first-order valence-electron chi connectivity index (χ1n) is 6.02. The van der Waals surface area contributed by atoms with Gasteiger partial charge < -0.3 is 10.5 Å². The van der Waals surface area contributed by atoms with E-state index >= 15 is 0 Å². The Morgan fingerprint density at radius 1 is 1.32 bits per heavy atom. The third kappa shape index (κ3) is 3.27. The predicted molar refractivity (Wildman–Crippen MR) is 76.2 cm³/mol. The average molecular weight is 278 g/mol. The lowest BCUT2D eigenvalue weighted by atomic mass is 10.1. The Morgan fingerprint density at radius 2 is 2.00 bits per heavy atom. The lowest BCUT2D eigenvalue weighted by Crippen LogP contribution is -2.21. The van der Waals surface area contributed by atoms with E-state index in [0.717, 1.165) is 16.5 Å². The minimum absolute atomic E-state index is 0.0624. The molecule has 0 amide bonds. The number of nitrogens with zero attached hydrogens (tertiary/aromatic N) is 3. The van der Waals surface area contributed by atoms with Gasteiger partial charge in [-0.25, -0.2) is 9.67 Å². The van der Waals surface area contributed by atoms with Gasteiger partial charge in [0.2, 0.25) is 0 Å². The van der Waals surface area contributed by atoms with Crippen LogP contribution in [0.15, 0.2) is 35.7 Å². The molecule has 0 fully saturated rings. The number of ether oxygens (including phenoxy) is 1. The summed E-state index contributed by atoms with van der Waals surface area (Å²) in [5.74, 6) is 0.838. The van der Waals surface area contributed by atoms with Crippen molar-refractivity contribution in [3.8, 4) is 5.75 Å². The van der Waals surface area contributed by atoms with Gasteiger partial charge in [0.25, 0.3) is 0 Å². The molecule has 2 unspecified atom stereocenters. The van der Waals surface area contributed by atoms with E-state index in [2.05, 4.69) is 17.0 Å². The summed E-state index contributed by atoms with van der Waals surface area (Å²) in [6, 6.07) is 7.78. The molecule has 1 aromatic heterocycles. The molecule has 2 atom stereocenters. The van der Waals surface area contributed by atoms with Gasteiger partial charge in [0, 0.05) is 18.3 Å². The summed E-state index contributed by atoms with van der Waals surface area (Å²) in [7, 11) is 3.53. The van der Waals surface area contributed by atoms with E-state index in [4.69, 9.17) is 10.5 Å². The monoisotopic (exact) mass is 278 g/mol. The molecule has 0 aliphatic carbocycles. The first-order chi connectivity index (χ1) is 9.11. The molecule has 6 heteroatoms. The molecule has 102 valence electrons. The number of benzene rings is 1. The maximum Gasteiger partial charge on any atom is 0.186 e. The van der Waals surface area contributed by atoms with Gasteiger partial charge in [0.1, 0.15) is 12.1 Å². The molecule has 0 saturated carbocycles. The van der Waals surface area contributed by atoms with Crippen molar-refractivity contribution in [3.63, 3.8) is 0 Å². The number of aromatic nitrogens is 3. The van der Waals surface area contributed by atoms with Crippen molar-refractivity contribution in [2.75, 3.05) is 7.11 Å². The van der Waals surface area contributed by atoms with Crippen LogP contribution in [0.2, 0.25) is 0 Å². The highest BCUT2D eigenvalue weighted by molar-refractivity contribution is 7.99. The van der Waals surface area contributed by atoms with Gasteiger partial charge in [-0.3, -0.25) is 0 Å². The minimum atomic E-state index is -0.0624. The molecule has 0 radical (unpaired) electrons. The van der Waals surface area contributed by atoms with E-state index in [1.165, 1.54) is 0 Å². The van der Waals surface area contributed by atoms with Crippen LogP contribution in [0.1, 0.15) is 18.5 Å². The van der Waals surface area contributed by atoms with Crippen LogP contribution in [0, 0.1) is 0 Å². The molecular formula is C13H18N4OS. The molecule has 2 N–H and O–H groups in total. The number of thioether (sulfide) groups is 1. The Labute approximate surface area is 117 Å². The van der Waals surface area contributed by atoms with Crippen LogP contribution < -0.4 is 10.5 Å². The Balaban J connectivity index is 2.05. The molecule has 0 bridgehead atoms. The average Bonchev–Trinajstić information content (AvgIpc) is 2.83. The molecule has 19 heavy (non-hydrogen) atoms. The Bertz CT molecular complexity index is 526. The van der Waals surface area contributed by atoms with Crippen LogP contribution in [0.4, 0.5) is 0 Å².